The van der Waals surface area contributed by atoms with E-state index in [2.05, 4.69) is 22.6 Å². The monoisotopic (exact) mass is 262 g/mol. The molecule has 0 aromatic rings. The lowest BCUT2D eigenvalue weighted by atomic mass is 10.0. The van der Waals surface area contributed by atoms with Gasteiger partial charge in [-0.1, -0.05) is 13.2 Å². The Morgan fingerprint density at radius 2 is 1.56 bits per heavy atom. The van der Waals surface area contributed by atoms with Crippen LogP contribution in [0.25, 0.3) is 0 Å². The average molecular weight is 262 g/mol. The van der Waals surface area contributed by atoms with Crippen molar-refractivity contribution in [2.24, 2.45) is 0 Å². The van der Waals surface area contributed by atoms with Gasteiger partial charge in [0.05, 0.1) is 18.9 Å². The van der Waals surface area contributed by atoms with Crippen LogP contribution in [0.2, 0.25) is 0 Å². The zero-order valence-electron chi connectivity index (χ0n) is 9.40. The summed E-state index contributed by atoms with van der Waals surface area (Å²) in [6.45, 7) is 6.08. The minimum atomic E-state index is -3.62. The fraction of sp³-hybridized carbons (Fsp3) is 0.400. The first kappa shape index (κ1) is 16.3. The third-order valence-electron chi connectivity index (χ3n) is 1.93. The van der Waals surface area contributed by atoms with Crippen molar-refractivity contribution in [1.29, 1.82) is 0 Å². The fourth-order valence-electron chi connectivity index (χ4n) is 0.924. The molecule has 0 aromatic heterocycles. The molecule has 0 unspecified atom stereocenters. The smallest absolute Gasteiger partial charge is 0.377 e. The Morgan fingerprint density at radius 3 is 2.00 bits per heavy atom. The topological polar surface area (TPSA) is 134 Å². The molecule has 0 amide bonds. The van der Waals surface area contributed by atoms with Crippen LogP contribution >= 0.6 is 0 Å². The SMILES string of the molecule is C=COC(=O)CCC(O)(O)C(O)(O)C(=O)OC=C. The minimum absolute atomic E-state index is 0.575. The second-order valence-electron chi connectivity index (χ2n) is 3.22. The van der Waals surface area contributed by atoms with Crippen LogP contribution in [0.1, 0.15) is 12.8 Å². The van der Waals surface area contributed by atoms with Gasteiger partial charge in [-0.2, -0.15) is 0 Å². The van der Waals surface area contributed by atoms with Crippen molar-refractivity contribution >= 4 is 11.9 Å². The minimum Gasteiger partial charge on any atom is -0.435 e. The third-order valence-corrected chi connectivity index (χ3v) is 1.93. The Kier molecular flexibility index (Phi) is 5.66. The highest BCUT2D eigenvalue weighted by Crippen LogP contribution is 2.24. The Bertz CT molecular complexity index is 344. The molecule has 0 radical (unpaired) electrons. The normalized spacial score (nSPS) is 11.6. The van der Waals surface area contributed by atoms with Crippen LogP contribution in [0.3, 0.4) is 0 Å². The van der Waals surface area contributed by atoms with E-state index in [0.717, 1.165) is 6.26 Å². The Hall–Kier alpha value is -1.74. The molecular formula is C10H14O8. The molecule has 0 fully saturated rings. The van der Waals surface area contributed by atoms with Crippen molar-refractivity contribution in [1.82, 2.24) is 0 Å². The van der Waals surface area contributed by atoms with Crippen molar-refractivity contribution in [3.63, 3.8) is 0 Å². The van der Waals surface area contributed by atoms with Gasteiger partial charge in [-0.3, -0.25) is 4.79 Å². The van der Waals surface area contributed by atoms with Gasteiger partial charge in [0.2, 0.25) is 5.79 Å². The molecule has 0 spiro atoms. The zero-order valence-corrected chi connectivity index (χ0v) is 9.40. The first-order chi connectivity index (χ1) is 8.19. The van der Waals surface area contributed by atoms with E-state index in [1.807, 2.05) is 0 Å². The summed E-state index contributed by atoms with van der Waals surface area (Å²) in [5, 5.41) is 37.2. The summed E-state index contributed by atoms with van der Waals surface area (Å²) < 4.78 is 8.28. The summed E-state index contributed by atoms with van der Waals surface area (Å²) in [5.74, 6) is -9.56. The maximum atomic E-state index is 11.0. The molecule has 18 heavy (non-hydrogen) atoms. The van der Waals surface area contributed by atoms with E-state index in [1.165, 1.54) is 0 Å². The summed E-state index contributed by atoms with van der Waals surface area (Å²) in [4.78, 5) is 21.9. The highest BCUT2D eigenvalue weighted by molar-refractivity contribution is 5.79. The molecule has 0 rings (SSSR count). The average Bonchev–Trinajstić information content (AvgIpc) is 2.27. The number of ether oxygens (including phenoxy) is 2. The van der Waals surface area contributed by atoms with E-state index in [1.54, 1.807) is 0 Å². The van der Waals surface area contributed by atoms with Crippen LogP contribution in [0.5, 0.6) is 0 Å². The van der Waals surface area contributed by atoms with E-state index < -0.39 is 36.4 Å². The predicted molar refractivity (Wildman–Crippen MR) is 56.1 cm³/mol. The van der Waals surface area contributed by atoms with Crippen molar-refractivity contribution in [3.8, 4) is 0 Å². The first-order valence-electron chi connectivity index (χ1n) is 4.71. The fourth-order valence-corrected chi connectivity index (χ4v) is 0.924. The summed E-state index contributed by atoms with van der Waals surface area (Å²) in [7, 11) is 0. The van der Waals surface area contributed by atoms with Crippen LogP contribution in [0.15, 0.2) is 25.7 Å². The number of rotatable bonds is 7. The molecule has 0 aromatic carbocycles. The number of esters is 2. The van der Waals surface area contributed by atoms with Crippen LogP contribution < -0.4 is 0 Å². The summed E-state index contributed by atoms with van der Waals surface area (Å²) in [6, 6.07) is 0. The van der Waals surface area contributed by atoms with Gasteiger partial charge in [0.1, 0.15) is 0 Å². The molecule has 0 saturated carbocycles. The Morgan fingerprint density at radius 1 is 1.06 bits per heavy atom. The lowest BCUT2D eigenvalue weighted by molar-refractivity contribution is -0.345. The van der Waals surface area contributed by atoms with E-state index in [9.17, 15) is 30.0 Å². The van der Waals surface area contributed by atoms with Crippen molar-refractivity contribution in [2.45, 2.75) is 24.4 Å². The first-order valence-corrected chi connectivity index (χ1v) is 4.71. The van der Waals surface area contributed by atoms with Gasteiger partial charge in [-0.05, 0) is 0 Å². The molecule has 102 valence electrons. The number of aliphatic hydroxyl groups is 4. The van der Waals surface area contributed by atoms with Crippen molar-refractivity contribution in [2.75, 3.05) is 0 Å². The molecule has 0 aliphatic rings. The number of carbonyl (C=O) groups excluding carboxylic acids is 2. The Balaban J connectivity index is 4.68. The highest BCUT2D eigenvalue weighted by Gasteiger charge is 2.54. The maximum Gasteiger partial charge on any atom is 0.377 e. The molecule has 0 aliphatic heterocycles. The van der Waals surface area contributed by atoms with Crippen LogP contribution in [0, 0.1) is 0 Å². The van der Waals surface area contributed by atoms with Gasteiger partial charge >= 0.3 is 17.7 Å². The number of hydrogen-bond acceptors (Lipinski definition) is 8. The van der Waals surface area contributed by atoms with Gasteiger partial charge in [0.25, 0.3) is 0 Å². The molecule has 8 nitrogen and oxygen atoms in total. The standard InChI is InChI=1S/C10H14O8/c1-3-17-7(11)5-6-9(13,14)10(15,16)8(12)18-4-2/h3-4,13-16H,1-2,5-6H2. The van der Waals surface area contributed by atoms with E-state index in [0.29, 0.717) is 6.26 Å². The van der Waals surface area contributed by atoms with Crippen LogP contribution in [-0.4, -0.2) is 43.9 Å². The summed E-state index contributed by atoms with van der Waals surface area (Å²) in [5.41, 5.74) is 0. The molecule has 0 heterocycles. The lowest BCUT2D eigenvalue weighted by Crippen LogP contribution is -2.60. The molecule has 4 N–H and O–H groups in total. The quantitative estimate of drug-likeness (QED) is 0.247. The lowest BCUT2D eigenvalue weighted by Gasteiger charge is -2.31. The Labute approximate surface area is 102 Å². The second kappa shape index (κ2) is 6.26. The van der Waals surface area contributed by atoms with E-state index in [4.69, 9.17) is 0 Å². The van der Waals surface area contributed by atoms with Crippen molar-refractivity contribution < 1.29 is 39.5 Å². The number of hydrogen-bond donors (Lipinski definition) is 4. The molecule has 0 bridgehead atoms. The van der Waals surface area contributed by atoms with Crippen LogP contribution in [0.4, 0.5) is 0 Å². The van der Waals surface area contributed by atoms with Gasteiger partial charge in [-0.25, -0.2) is 4.79 Å². The second-order valence-corrected chi connectivity index (χ2v) is 3.22. The molecule has 0 saturated heterocycles. The van der Waals surface area contributed by atoms with Gasteiger partial charge in [0, 0.05) is 6.42 Å². The van der Waals surface area contributed by atoms with E-state index in [-0.39, 0.29) is 0 Å². The van der Waals surface area contributed by atoms with Crippen molar-refractivity contribution in [3.05, 3.63) is 25.7 Å². The molecule has 0 aliphatic carbocycles. The highest BCUT2D eigenvalue weighted by atomic mass is 16.6. The predicted octanol–water partition coefficient (Wildman–Crippen LogP) is -1.50. The van der Waals surface area contributed by atoms with Crippen LogP contribution in [-0.2, 0) is 19.1 Å². The summed E-state index contributed by atoms with van der Waals surface area (Å²) >= 11 is 0. The largest absolute Gasteiger partial charge is 0.435 e. The number of carbonyl (C=O) groups is 2. The van der Waals surface area contributed by atoms with Gasteiger partial charge in [0.15, 0.2) is 0 Å². The van der Waals surface area contributed by atoms with Gasteiger partial charge < -0.3 is 29.9 Å². The zero-order chi connectivity index (χ0) is 14.4. The third kappa shape index (κ3) is 3.93. The maximum absolute atomic E-state index is 11.0. The summed E-state index contributed by atoms with van der Waals surface area (Å²) in [6.07, 6.45) is -0.0797. The molecule has 0 atom stereocenters. The van der Waals surface area contributed by atoms with Gasteiger partial charge in [-0.15, -0.1) is 0 Å². The van der Waals surface area contributed by atoms with E-state index >= 15 is 0 Å². The molecular weight excluding hydrogens is 248 g/mol. The molecule has 8 heteroatoms.